The van der Waals surface area contributed by atoms with Crippen LogP contribution in [0.5, 0.6) is 0 Å². The van der Waals surface area contributed by atoms with Crippen LogP contribution in [-0.2, 0) is 12.7 Å². The van der Waals surface area contributed by atoms with Crippen molar-refractivity contribution >= 4 is 0 Å². The van der Waals surface area contributed by atoms with E-state index in [4.69, 9.17) is 0 Å². The number of nitrogens with zero attached hydrogens (tertiary/aromatic N) is 5. The molecule has 1 atom stereocenters. The molecule has 0 spiro atoms. The van der Waals surface area contributed by atoms with Crippen LogP contribution >= 0.6 is 0 Å². The number of hydrogen-bond donors (Lipinski definition) is 0. The van der Waals surface area contributed by atoms with E-state index in [1.54, 1.807) is 16.8 Å². The molecule has 1 saturated heterocycles. The Hall–Kier alpha value is -2.74. The zero-order valence-electron chi connectivity index (χ0n) is 15.9. The number of halogens is 3. The second kappa shape index (κ2) is 8.32. The van der Waals surface area contributed by atoms with Gasteiger partial charge in [0.1, 0.15) is 0 Å². The average Bonchev–Trinajstić information content (AvgIpc) is 3.17. The van der Waals surface area contributed by atoms with Crippen molar-refractivity contribution in [1.29, 1.82) is 0 Å². The molecule has 0 aliphatic carbocycles. The molecule has 1 aromatic heterocycles. The third-order valence-electron chi connectivity index (χ3n) is 5.29. The van der Waals surface area contributed by atoms with E-state index < -0.39 is 11.7 Å². The van der Waals surface area contributed by atoms with Gasteiger partial charge in [-0.25, -0.2) is 4.68 Å². The van der Waals surface area contributed by atoms with Crippen LogP contribution in [0.25, 0.3) is 0 Å². The molecule has 29 heavy (non-hydrogen) atoms. The summed E-state index contributed by atoms with van der Waals surface area (Å²) < 4.78 is 40.8. The average molecular weight is 401 g/mol. The van der Waals surface area contributed by atoms with Crippen molar-refractivity contribution in [3.8, 4) is 0 Å². The number of likely N-dealkylation sites (tertiary alicyclic amines) is 1. The molecule has 2 aromatic carbocycles. The molecule has 8 heteroatoms. The van der Waals surface area contributed by atoms with Crippen LogP contribution in [0.3, 0.4) is 0 Å². The van der Waals surface area contributed by atoms with Crippen LogP contribution in [0.1, 0.15) is 47.8 Å². The van der Waals surface area contributed by atoms with Crippen LogP contribution in [-0.4, -0.2) is 38.2 Å². The Bertz CT molecular complexity index is 915. The van der Waals surface area contributed by atoms with Gasteiger partial charge in [-0.2, -0.15) is 13.2 Å². The highest BCUT2D eigenvalue weighted by molar-refractivity contribution is 5.30. The lowest BCUT2D eigenvalue weighted by Gasteiger charge is -2.34. The zero-order chi connectivity index (χ0) is 20.3. The van der Waals surface area contributed by atoms with E-state index in [1.807, 2.05) is 30.3 Å². The Morgan fingerprint density at radius 3 is 2.24 bits per heavy atom. The van der Waals surface area contributed by atoms with Gasteiger partial charge in [-0.1, -0.05) is 48.9 Å². The molecule has 1 fully saturated rings. The Balaban J connectivity index is 1.69. The Kier molecular flexibility index (Phi) is 5.62. The normalized spacial score (nSPS) is 16.7. The third-order valence-corrected chi connectivity index (χ3v) is 5.29. The first-order chi connectivity index (χ1) is 14.0. The standard InChI is InChI=1S/C21H22F3N5/c22-21(23,24)18-11-9-17(10-12-18)19(28-13-5-2-6-14-28)20-25-26-27-29(20)15-16-7-3-1-4-8-16/h1,3-4,7-12,19H,2,5-6,13-15H2/t19-/m1/s1. The fraction of sp³-hybridized carbons (Fsp3) is 0.381. The minimum Gasteiger partial charge on any atom is -0.290 e. The summed E-state index contributed by atoms with van der Waals surface area (Å²) in [4.78, 5) is 2.26. The van der Waals surface area contributed by atoms with Crippen molar-refractivity contribution in [3.63, 3.8) is 0 Å². The Morgan fingerprint density at radius 2 is 1.59 bits per heavy atom. The highest BCUT2D eigenvalue weighted by atomic mass is 19.4. The maximum atomic E-state index is 13.0. The molecule has 0 radical (unpaired) electrons. The summed E-state index contributed by atoms with van der Waals surface area (Å²) in [6, 6.07) is 14.9. The van der Waals surface area contributed by atoms with Gasteiger partial charge in [0.05, 0.1) is 18.2 Å². The van der Waals surface area contributed by atoms with Crippen LogP contribution < -0.4 is 0 Å². The van der Waals surface area contributed by atoms with Gasteiger partial charge in [-0.05, 0) is 59.6 Å². The molecule has 2 heterocycles. The number of aromatic nitrogens is 4. The number of piperidine rings is 1. The first-order valence-corrected chi connectivity index (χ1v) is 9.73. The molecule has 1 aliphatic heterocycles. The maximum Gasteiger partial charge on any atom is 0.416 e. The fourth-order valence-electron chi connectivity index (χ4n) is 3.83. The van der Waals surface area contributed by atoms with Gasteiger partial charge in [-0.3, -0.25) is 4.90 Å². The largest absolute Gasteiger partial charge is 0.416 e. The number of alkyl halides is 3. The molecule has 0 amide bonds. The van der Waals surface area contributed by atoms with E-state index in [0.29, 0.717) is 12.4 Å². The van der Waals surface area contributed by atoms with Crippen molar-refractivity contribution in [2.75, 3.05) is 13.1 Å². The van der Waals surface area contributed by atoms with Crippen LogP contribution in [0, 0.1) is 0 Å². The molecule has 0 bridgehead atoms. The molecule has 5 nitrogen and oxygen atoms in total. The van der Waals surface area contributed by atoms with Crippen LogP contribution in [0.4, 0.5) is 13.2 Å². The van der Waals surface area contributed by atoms with Crippen LogP contribution in [0.15, 0.2) is 54.6 Å². The number of rotatable bonds is 5. The summed E-state index contributed by atoms with van der Waals surface area (Å²) in [5, 5.41) is 12.3. The van der Waals surface area contributed by atoms with Gasteiger partial charge in [0.25, 0.3) is 0 Å². The van der Waals surface area contributed by atoms with Gasteiger partial charge in [0.15, 0.2) is 5.82 Å². The topological polar surface area (TPSA) is 46.8 Å². The molecule has 0 saturated carbocycles. The number of tetrazole rings is 1. The first kappa shape index (κ1) is 19.6. The number of benzene rings is 2. The molecular formula is C21H22F3N5. The third kappa shape index (κ3) is 4.48. The van der Waals surface area contributed by atoms with Crippen molar-refractivity contribution in [2.24, 2.45) is 0 Å². The zero-order valence-corrected chi connectivity index (χ0v) is 15.9. The molecule has 152 valence electrons. The van der Waals surface area contributed by atoms with Crippen molar-refractivity contribution < 1.29 is 13.2 Å². The van der Waals surface area contributed by atoms with E-state index in [0.717, 1.165) is 55.6 Å². The monoisotopic (exact) mass is 401 g/mol. The predicted molar refractivity (Wildman–Crippen MR) is 102 cm³/mol. The second-order valence-corrected chi connectivity index (χ2v) is 7.30. The summed E-state index contributed by atoms with van der Waals surface area (Å²) in [5.74, 6) is 0.649. The lowest BCUT2D eigenvalue weighted by Crippen LogP contribution is -2.36. The Morgan fingerprint density at radius 1 is 0.897 bits per heavy atom. The quantitative estimate of drug-likeness (QED) is 0.639. The van der Waals surface area contributed by atoms with Gasteiger partial charge in [0.2, 0.25) is 0 Å². The van der Waals surface area contributed by atoms with E-state index in [9.17, 15) is 13.2 Å². The lowest BCUT2D eigenvalue weighted by atomic mass is 9.99. The van der Waals surface area contributed by atoms with Gasteiger partial charge in [0, 0.05) is 0 Å². The predicted octanol–water partition coefficient (Wildman–Crippen LogP) is 4.32. The molecule has 3 aromatic rings. The highest BCUT2D eigenvalue weighted by Crippen LogP contribution is 2.33. The molecule has 1 aliphatic rings. The van der Waals surface area contributed by atoms with Crippen LogP contribution in [0.2, 0.25) is 0 Å². The van der Waals surface area contributed by atoms with Crippen molar-refractivity contribution in [2.45, 2.75) is 38.0 Å². The first-order valence-electron chi connectivity index (χ1n) is 9.73. The minimum atomic E-state index is -4.35. The summed E-state index contributed by atoms with van der Waals surface area (Å²) >= 11 is 0. The van der Waals surface area contributed by atoms with E-state index in [2.05, 4.69) is 20.4 Å². The Labute approximate surface area is 167 Å². The van der Waals surface area contributed by atoms with Crippen molar-refractivity contribution in [1.82, 2.24) is 25.1 Å². The smallest absolute Gasteiger partial charge is 0.290 e. The molecule has 0 unspecified atom stereocenters. The minimum absolute atomic E-state index is 0.281. The molecular weight excluding hydrogens is 379 g/mol. The van der Waals surface area contributed by atoms with Crippen molar-refractivity contribution in [3.05, 3.63) is 77.1 Å². The second-order valence-electron chi connectivity index (χ2n) is 7.30. The van der Waals surface area contributed by atoms with E-state index >= 15 is 0 Å². The number of hydrogen-bond acceptors (Lipinski definition) is 4. The lowest BCUT2D eigenvalue weighted by molar-refractivity contribution is -0.137. The summed E-state index contributed by atoms with van der Waals surface area (Å²) in [6.07, 6.45) is -1.09. The highest BCUT2D eigenvalue weighted by Gasteiger charge is 2.32. The summed E-state index contributed by atoms with van der Waals surface area (Å²) in [7, 11) is 0. The van der Waals surface area contributed by atoms with E-state index in [1.165, 1.54) is 0 Å². The van der Waals surface area contributed by atoms with E-state index in [-0.39, 0.29) is 6.04 Å². The SMILES string of the molecule is FC(F)(F)c1ccc([C@H](c2nnnn2Cc2ccccc2)N2CCCCC2)cc1. The van der Waals surface area contributed by atoms with Gasteiger partial charge >= 0.3 is 6.18 Å². The summed E-state index contributed by atoms with van der Waals surface area (Å²) in [6.45, 7) is 2.24. The van der Waals surface area contributed by atoms with Gasteiger partial charge in [-0.15, -0.1) is 5.10 Å². The molecule has 4 rings (SSSR count). The molecule has 0 N–H and O–H groups in total. The summed E-state index contributed by atoms with van der Waals surface area (Å²) in [5.41, 5.74) is 1.18. The van der Waals surface area contributed by atoms with Gasteiger partial charge < -0.3 is 0 Å². The maximum absolute atomic E-state index is 13.0. The fourth-order valence-corrected chi connectivity index (χ4v) is 3.83.